The number of anilines is 2. The van der Waals surface area contributed by atoms with Crippen LogP contribution in [0.25, 0.3) is 0 Å². The van der Waals surface area contributed by atoms with Crippen LogP contribution in [0.3, 0.4) is 0 Å². The third-order valence-corrected chi connectivity index (χ3v) is 9.87. The smallest absolute Gasteiger partial charge is 0.280 e. The molecule has 41 heavy (non-hydrogen) atoms. The Kier molecular flexibility index (Phi) is 8.02. The van der Waals surface area contributed by atoms with E-state index in [1.807, 2.05) is 20.0 Å². The van der Waals surface area contributed by atoms with Crippen LogP contribution in [0, 0.1) is 6.92 Å². The lowest BCUT2D eigenvalue weighted by molar-refractivity contribution is -0.115. The number of nitrogens with zero attached hydrogens (tertiary/aromatic N) is 6. The van der Waals surface area contributed by atoms with Gasteiger partial charge in [0, 0.05) is 75.7 Å². The van der Waals surface area contributed by atoms with Crippen LogP contribution in [0.2, 0.25) is 0 Å². The van der Waals surface area contributed by atoms with Crippen molar-refractivity contribution in [3.63, 3.8) is 0 Å². The topological polar surface area (TPSA) is 61.7 Å². The SMILES string of the molecule is CC.CCCc1c(N2CC(N3CCNCC3)C2)cc(N2CCC3(CC2)OCC2(CC2)n2ncc(C)c23)nc1C(F)F. The predicted octanol–water partition coefficient (Wildman–Crippen LogP) is 4.61. The Morgan fingerprint density at radius 3 is 2.39 bits per heavy atom. The van der Waals surface area contributed by atoms with Crippen molar-refractivity contribution in [1.29, 1.82) is 0 Å². The molecule has 226 valence electrons. The molecule has 1 N–H and O–H groups in total. The highest BCUT2D eigenvalue weighted by Gasteiger charge is 2.56. The van der Waals surface area contributed by atoms with Crippen LogP contribution < -0.4 is 15.1 Å². The summed E-state index contributed by atoms with van der Waals surface area (Å²) < 4.78 is 37.8. The van der Waals surface area contributed by atoms with Crippen LogP contribution in [0.1, 0.15) is 81.8 Å². The Bertz CT molecular complexity index is 1210. The average Bonchev–Trinajstić information content (AvgIpc) is 3.64. The molecule has 4 fully saturated rings. The highest BCUT2D eigenvalue weighted by atomic mass is 19.3. The molecule has 1 aliphatic carbocycles. The maximum Gasteiger partial charge on any atom is 0.280 e. The van der Waals surface area contributed by atoms with Crippen molar-refractivity contribution in [2.75, 3.05) is 68.8 Å². The second kappa shape index (κ2) is 11.4. The molecule has 2 aromatic rings. The minimum absolute atomic E-state index is 0.0335. The fourth-order valence-corrected chi connectivity index (χ4v) is 7.35. The molecule has 5 aliphatic rings. The molecule has 3 saturated heterocycles. The van der Waals surface area contributed by atoms with Gasteiger partial charge in [-0.2, -0.15) is 5.10 Å². The third kappa shape index (κ3) is 5.03. The van der Waals surface area contributed by atoms with Gasteiger partial charge in [0.1, 0.15) is 17.1 Å². The van der Waals surface area contributed by atoms with Gasteiger partial charge in [-0.05, 0) is 44.6 Å². The number of rotatable bonds is 6. The summed E-state index contributed by atoms with van der Waals surface area (Å²) >= 11 is 0. The Balaban J connectivity index is 0.00000148. The fraction of sp³-hybridized carbons (Fsp3) is 0.742. The molecule has 10 heteroatoms. The number of hydrogen-bond acceptors (Lipinski definition) is 7. The average molecular weight is 572 g/mol. The van der Waals surface area contributed by atoms with E-state index < -0.39 is 6.43 Å². The van der Waals surface area contributed by atoms with E-state index in [-0.39, 0.29) is 16.8 Å². The van der Waals surface area contributed by atoms with Gasteiger partial charge in [-0.15, -0.1) is 0 Å². The van der Waals surface area contributed by atoms with E-state index in [2.05, 4.69) is 49.6 Å². The maximum absolute atomic E-state index is 14.4. The van der Waals surface area contributed by atoms with Crippen LogP contribution in [-0.2, 0) is 22.3 Å². The summed E-state index contributed by atoms with van der Waals surface area (Å²) in [5.74, 6) is 0.681. The van der Waals surface area contributed by atoms with Crippen molar-refractivity contribution in [1.82, 2.24) is 25.0 Å². The first-order chi connectivity index (χ1) is 19.9. The highest BCUT2D eigenvalue weighted by Crippen LogP contribution is 2.53. The zero-order valence-electron chi connectivity index (χ0n) is 25.3. The van der Waals surface area contributed by atoms with Gasteiger partial charge in [-0.3, -0.25) is 9.58 Å². The van der Waals surface area contributed by atoms with Gasteiger partial charge in [-0.25, -0.2) is 13.8 Å². The molecule has 1 saturated carbocycles. The van der Waals surface area contributed by atoms with E-state index >= 15 is 0 Å². The molecule has 8 nitrogen and oxygen atoms in total. The molecule has 2 aromatic heterocycles. The van der Waals surface area contributed by atoms with Crippen molar-refractivity contribution in [2.24, 2.45) is 0 Å². The maximum atomic E-state index is 14.4. The summed E-state index contributed by atoms with van der Waals surface area (Å²) in [4.78, 5) is 11.7. The van der Waals surface area contributed by atoms with Crippen molar-refractivity contribution >= 4 is 11.5 Å². The number of aryl methyl sites for hydroxylation is 1. The van der Waals surface area contributed by atoms with Gasteiger partial charge >= 0.3 is 0 Å². The number of alkyl halides is 2. The van der Waals surface area contributed by atoms with Crippen LogP contribution in [0.4, 0.5) is 20.3 Å². The van der Waals surface area contributed by atoms with Crippen LogP contribution in [-0.4, -0.2) is 84.7 Å². The summed E-state index contributed by atoms with van der Waals surface area (Å²) in [6, 6.07) is 2.59. The monoisotopic (exact) mass is 571 g/mol. The normalized spacial score (nSPS) is 23.4. The number of hydrogen-bond donors (Lipinski definition) is 1. The van der Waals surface area contributed by atoms with Gasteiger partial charge < -0.3 is 19.9 Å². The van der Waals surface area contributed by atoms with E-state index in [0.717, 1.165) is 95.7 Å². The van der Waals surface area contributed by atoms with Gasteiger partial charge in [0.2, 0.25) is 0 Å². The molecular weight excluding hydrogens is 524 g/mol. The Labute approximate surface area is 243 Å². The van der Waals surface area contributed by atoms with Gasteiger partial charge in [0.15, 0.2) is 0 Å². The van der Waals surface area contributed by atoms with Crippen molar-refractivity contribution in [2.45, 2.75) is 89.8 Å². The number of halogens is 2. The summed E-state index contributed by atoms with van der Waals surface area (Å²) in [5.41, 5.74) is 3.78. The standard InChI is InChI=1S/C29H41F2N7O.C2H6/c1-3-4-22-23(37-17-21(18-37)35-13-9-32-10-14-35)15-24(34-25(22)27(30)31)36-11-7-29(8-12-36)26-20(2)16-33-38(26)28(5-6-28)19-39-29;1-2/h15-16,21,27,32H,3-14,17-19H2,1-2H3;1-2H3. The minimum Gasteiger partial charge on any atom is -0.368 e. The Morgan fingerprint density at radius 1 is 1.05 bits per heavy atom. The number of piperidine rings is 1. The van der Waals surface area contributed by atoms with Crippen LogP contribution >= 0.6 is 0 Å². The molecule has 2 spiro atoms. The summed E-state index contributed by atoms with van der Waals surface area (Å²) in [6.07, 6.45) is 4.71. The van der Waals surface area contributed by atoms with Crippen LogP contribution in [0.5, 0.6) is 0 Å². The quantitative estimate of drug-likeness (QED) is 0.543. The number of nitrogens with one attached hydrogen (secondary N) is 1. The summed E-state index contributed by atoms with van der Waals surface area (Å²) in [7, 11) is 0. The molecule has 6 heterocycles. The lowest BCUT2D eigenvalue weighted by atomic mass is 9.84. The predicted molar refractivity (Wildman–Crippen MR) is 158 cm³/mol. The molecular formula is C31H47F2N7O. The van der Waals surface area contributed by atoms with Crippen LogP contribution in [0.15, 0.2) is 12.3 Å². The molecule has 4 aliphatic heterocycles. The Morgan fingerprint density at radius 2 is 1.76 bits per heavy atom. The lowest BCUT2D eigenvalue weighted by Crippen LogP contribution is -2.63. The zero-order chi connectivity index (χ0) is 28.8. The second-order valence-electron chi connectivity index (χ2n) is 12.3. The van der Waals surface area contributed by atoms with Gasteiger partial charge in [0.25, 0.3) is 6.43 Å². The second-order valence-corrected chi connectivity index (χ2v) is 12.3. The first-order valence-corrected chi connectivity index (χ1v) is 15.9. The summed E-state index contributed by atoms with van der Waals surface area (Å²) in [6.45, 7) is 16.3. The molecule has 0 atom stereocenters. The number of fused-ring (bicyclic) bond motifs is 3. The molecule has 7 rings (SSSR count). The summed E-state index contributed by atoms with van der Waals surface area (Å²) in [5, 5.41) is 8.18. The number of pyridine rings is 1. The van der Waals surface area contributed by atoms with Crippen molar-refractivity contribution < 1.29 is 13.5 Å². The van der Waals surface area contributed by atoms with E-state index in [0.29, 0.717) is 24.9 Å². The Hall–Kier alpha value is -2.30. The first-order valence-electron chi connectivity index (χ1n) is 15.9. The van der Waals surface area contributed by atoms with Crippen molar-refractivity contribution in [3.8, 4) is 0 Å². The largest absolute Gasteiger partial charge is 0.368 e. The lowest BCUT2D eigenvalue weighted by Gasteiger charge is -2.49. The first kappa shape index (κ1) is 28.8. The number of ether oxygens (including phenoxy) is 1. The van der Waals surface area contributed by atoms with Gasteiger partial charge in [-0.1, -0.05) is 27.2 Å². The number of aromatic nitrogens is 3. The van der Waals surface area contributed by atoms with E-state index in [1.54, 1.807) is 0 Å². The molecule has 0 unspecified atom stereocenters. The fourth-order valence-electron chi connectivity index (χ4n) is 7.35. The van der Waals surface area contributed by atoms with Gasteiger partial charge in [0.05, 0.1) is 24.0 Å². The van der Waals surface area contributed by atoms with Crippen molar-refractivity contribution in [3.05, 3.63) is 34.8 Å². The van der Waals surface area contributed by atoms with E-state index in [4.69, 9.17) is 9.84 Å². The number of piperazine rings is 1. The zero-order valence-corrected chi connectivity index (χ0v) is 25.3. The molecule has 0 bridgehead atoms. The molecule has 0 amide bonds. The minimum atomic E-state index is -2.58. The molecule has 0 aromatic carbocycles. The highest BCUT2D eigenvalue weighted by molar-refractivity contribution is 5.64. The molecule has 0 radical (unpaired) electrons. The van der Waals surface area contributed by atoms with E-state index in [1.165, 1.54) is 11.3 Å². The third-order valence-electron chi connectivity index (χ3n) is 9.87. The van der Waals surface area contributed by atoms with E-state index in [9.17, 15) is 8.78 Å².